The van der Waals surface area contributed by atoms with Crippen LogP contribution >= 0.6 is 0 Å². The third-order valence-corrected chi connectivity index (χ3v) is 9.36. The van der Waals surface area contributed by atoms with Crippen molar-refractivity contribution in [2.45, 2.75) is 0 Å². The molecule has 6 nitrogen and oxygen atoms in total. The molecule has 0 radical (unpaired) electrons. The molecule has 10 rings (SSSR count). The summed E-state index contributed by atoms with van der Waals surface area (Å²) in [6.07, 6.45) is 3.57. The van der Waals surface area contributed by atoms with Crippen LogP contribution < -0.4 is 0 Å². The molecule has 6 heteroatoms. The number of furan rings is 1. The smallest absolute Gasteiger partial charge is 0.164 e. The van der Waals surface area contributed by atoms with E-state index in [1.54, 1.807) is 12.4 Å². The van der Waals surface area contributed by atoms with Crippen LogP contribution in [0, 0.1) is 0 Å². The number of hydrogen-bond donors (Lipinski definition) is 0. The molecule has 0 aliphatic carbocycles. The van der Waals surface area contributed by atoms with Gasteiger partial charge in [-0.3, -0.25) is 4.98 Å². The van der Waals surface area contributed by atoms with Crippen molar-refractivity contribution >= 4 is 43.7 Å². The maximum absolute atomic E-state index is 6.10. The summed E-state index contributed by atoms with van der Waals surface area (Å²) in [7, 11) is 0. The van der Waals surface area contributed by atoms with Crippen molar-refractivity contribution in [1.29, 1.82) is 0 Å². The maximum atomic E-state index is 6.10. The maximum Gasteiger partial charge on any atom is 0.164 e. The Kier molecular flexibility index (Phi) is 6.39. The molecule has 0 amide bonds. The third-order valence-electron chi connectivity index (χ3n) is 9.36. The lowest BCUT2D eigenvalue weighted by Gasteiger charge is -2.12. The van der Waals surface area contributed by atoms with Crippen LogP contribution in [-0.4, -0.2) is 24.5 Å². The zero-order valence-corrected chi connectivity index (χ0v) is 26.7. The SMILES string of the molecule is c1ccc(-c2nc(-c3ccc(-c4cccc5oc6cnccc6c45)cc3)nc(-c3cccc(-n4c5ccccc5c5ccccc54)c3)n2)cc1. The average molecular weight is 642 g/mol. The van der Waals surface area contributed by atoms with Crippen LogP contribution in [-0.2, 0) is 0 Å². The number of rotatable bonds is 5. The lowest BCUT2D eigenvalue weighted by atomic mass is 9.98. The highest BCUT2D eigenvalue weighted by molar-refractivity contribution is 6.12. The molecule has 0 fully saturated rings. The highest BCUT2D eigenvalue weighted by Gasteiger charge is 2.17. The number of fused-ring (bicyclic) bond motifs is 6. The lowest BCUT2D eigenvalue weighted by Crippen LogP contribution is -2.01. The van der Waals surface area contributed by atoms with Gasteiger partial charge in [0, 0.05) is 50.1 Å². The van der Waals surface area contributed by atoms with Crippen molar-refractivity contribution in [2.24, 2.45) is 0 Å². The molecular weight excluding hydrogens is 615 g/mol. The zero-order chi connectivity index (χ0) is 33.0. The largest absolute Gasteiger partial charge is 0.454 e. The molecule has 50 heavy (non-hydrogen) atoms. The van der Waals surface area contributed by atoms with Crippen LogP contribution in [0.25, 0.3) is 94.7 Å². The van der Waals surface area contributed by atoms with Gasteiger partial charge in [0.2, 0.25) is 0 Å². The fourth-order valence-corrected chi connectivity index (χ4v) is 7.05. The van der Waals surface area contributed by atoms with E-state index in [4.69, 9.17) is 19.4 Å². The van der Waals surface area contributed by atoms with E-state index in [0.717, 1.165) is 66.5 Å². The highest BCUT2D eigenvalue weighted by Crippen LogP contribution is 2.37. The summed E-state index contributed by atoms with van der Waals surface area (Å²) in [5, 5.41) is 4.57. The fraction of sp³-hybridized carbons (Fsp3) is 0. The summed E-state index contributed by atoms with van der Waals surface area (Å²) in [4.78, 5) is 19.3. The van der Waals surface area contributed by atoms with Crippen LogP contribution in [0.5, 0.6) is 0 Å². The van der Waals surface area contributed by atoms with Crippen molar-refractivity contribution in [3.8, 4) is 51.0 Å². The van der Waals surface area contributed by atoms with Gasteiger partial charge in [0.15, 0.2) is 23.1 Å². The van der Waals surface area contributed by atoms with E-state index in [2.05, 4.69) is 113 Å². The number of pyridine rings is 1. The topological polar surface area (TPSA) is 69.6 Å². The van der Waals surface area contributed by atoms with Gasteiger partial charge in [-0.1, -0.05) is 115 Å². The van der Waals surface area contributed by atoms with Gasteiger partial charge in [-0.15, -0.1) is 0 Å². The second kappa shape index (κ2) is 11.4. The van der Waals surface area contributed by atoms with E-state index < -0.39 is 0 Å². The Morgan fingerprint density at radius 1 is 0.440 bits per heavy atom. The van der Waals surface area contributed by atoms with Crippen molar-refractivity contribution in [1.82, 2.24) is 24.5 Å². The van der Waals surface area contributed by atoms with Crippen molar-refractivity contribution in [3.05, 3.63) is 164 Å². The predicted octanol–water partition coefficient (Wildman–Crippen LogP) is 10.9. The Bertz CT molecular complexity index is 2820. The molecule has 0 spiro atoms. The summed E-state index contributed by atoms with van der Waals surface area (Å²) in [5.74, 6) is 1.85. The van der Waals surface area contributed by atoms with Gasteiger partial charge in [0.25, 0.3) is 0 Å². The number of hydrogen-bond acceptors (Lipinski definition) is 5. The van der Waals surface area contributed by atoms with E-state index in [-0.39, 0.29) is 0 Å². The van der Waals surface area contributed by atoms with Gasteiger partial charge in [0.1, 0.15) is 5.58 Å². The first-order chi connectivity index (χ1) is 24.8. The Balaban J connectivity index is 1.10. The second-order valence-corrected chi connectivity index (χ2v) is 12.3. The molecule has 0 aliphatic rings. The Hall–Kier alpha value is -6.92. The fourth-order valence-electron chi connectivity index (χ4n) is 7.05. The molecule has 0 aliphatic heterocycles. The van der Waals surface area contributed by atoms with Gasteiger partial charge in [-0.05, 0) is 47.5 Å². The molecule has 234 valence electrons. The van der Waals surface area contributed by atoms with E-state index >= 15 is 0 Å². The van der Waals surface area contributed by atoms with E-state index in [0.29, 0.717) is 17.5 Å². The van der Waals surface area contributed by atoms with Crippen LogP contribution in [0.2, 0.25) is 0 Å². The first kappa shape index (κ1) is 28.1. The van der Waals surface area contributed by atoms with Crippen LogP contribution in [0.4, 0.5) is 0 Å². The molecule has 0 bridgehead atoms. The minimum atomic E-state index is 0.612. The average Bonchev–Trinajstić information content (AvgIpc) is 3.74. The van der Waals surface area contributed by atoms with Gasteiger partial charge in [-0.2, -0.15) is 0 Å². The molecule has 10 aromatic rings. The van der Waals surface area contributed by atoms with E-state index in [9.17, 15) is 0 Å². The molecule has 4 heterocycles. The lowest BCUT2D eigenvalue weighted by molar-refractivity contribution is 0.667. The molecule has 0 unspecified atom stereocenters. The summed E-state index contributed by atoms with van der Waals surface area (Å²) in [5.41, 5.74) is 9.90. The normalized spacial score (nSPS) is 11.6. The molecule has 6 aromatic carbocycles. The van der Waals surface area contributed by atoms with Crippen LogP contribution in [0.1, 0.15) is 0 Å². The van der Waals surface area contributed by atoms with E-state index in [1.807, 2.05) is 48.5 Å². The zero-order valence-electron chi connectivity index (χ0n) is 26.7. The summed E-state index contributed by atoms with van der Waals surface area (Å²) < 4.78 is 8.41. The quantitative estimate of drug-likeness (QED) is 0.187. The number of para-hydroxylation sites is 2. The minimum absolute atomic E-state index is 0.612. The summed E-state index contributed by atoms with van der Waals surface area (Å²) in [6, 6.07) is 52.2. The predicted molar refractivity (Wildman–Crippen MR) is 201 cm³/mol. The Morgan fingerprint density at radius 2 is 1.04 bits per heavy atom. The number of aromatic nitrogens is 5. The first-order valence-electron chi connectivity index (χ1n) is 16.5. The first-order valence-corrected chi connectivity index (χ1v) is 16.5. The number of nitrogens with zero attached hydrogens (tertiary/aromatic N) is 5. The van der Waals surface area contributed by atoms with Crippen molar-refractivity contribution in [2.75, 3.05) is 0 Å². The highest BCUT2D eigenvalue weighted by atomic mass is 16.3. The molecule has 4 aromatic heterocycles. The Labute approximate surface area is 287 Å². The molecular formula is C44H27N5O. The summed E-state index contributed by atoms with van der Waals surface area (Å²) >= 11 is 0. The van der Waals surface area contributed by atoms with Gasteiger partial charge < -0.3 is 8.98 Å². The van der Waals surface area contributed by atoms with Gasteiger partial charge in [0.05, 0.1) is 17.2 Å². The third kappa shape index (κ3) is 4.58. The van der Waals surface area contributed by atoms with Gasteiger partial charge in [-0.25, -0.2) is 15.0 Å². The monoisotopic (exact) mass is 641 g/mol. The molecule has 0 saturated heterocycles. The van der Waals surface area contributed by atoms with Crippen LogP contribution in [0.3, 0.4) is 0 Å². The van der Waals surface area contributed by atoms with Crippen molar-refractivity contribution in [3.63, 3.8) is 0 Å². The van der Waals surface area contributed by atoms with Crippen molar-refractivity contribution < 1.29 is 4.42 Å². The van der Waals surface area contributed by atoms with E-state index in [1.165, 1.54) is 10.8 Å². The molecule has 0 atom stereocenters. The van der Waals surface area contributed by atoms with Crippen LogP contribution in [0.15, 0.2) is 168 Å². The molecule has 0 N–H and O–H groups in total. The summed E-state index contributed by atoms with van der Waals surface area (Å²) in [6.45, 7) is 0. The second-order valence-electron chi connectivity index (χ2n) is 12.3. The Morgan fingerprint density at radius 3 is 1.78 bits per heavy atom. The van der Waals surface area contributed by atoms with Gasteiger partial charge >= 0.3 is 0 Å². The number of benzene rings is 6. The standard InChI is InChI=1S/C44H27N5O/c1-2-10-29(11-3-1)42-46-43(30-22-20-28(21-23-30)33-16-9-19-39-41(33)36-24-25-45-27-40(36)50-39)48-44(47-42)31-12-8-13-32(26-31)49-37-17-6-4-14-34(37)35-15-5-7-18-38(35)49/h1-27H. The minimum Gasteiger partial charge on any atom is -0.454 e. The molecule has 0 saturated carbocycles.